The van der Waals surface area contributed by atoms with Crippen molar-refractivity contribution in [1.29, 1.82) is 0 Å². The second kappa shape index (κ2) is 5.96. The molecule has 90 valence electrons. The number of nitrogens with one attached hydrogen (secondary N) is 1. The Morgan fingerprint density at radius 2 is 2.25 bits per heavy atom. The lowest BCUT2D eigenvalue weighted by atomic mass is 9.93. The summed E-state index contributed by atoms with van der Waals surface area (Å²) < 4.78 is 0. The van der Waals surface area contributed by atoms with Gasteiger partial charge in [0.05, 0.1) is 16.7 Å². The number of hydrogen-bond donors (Lipinski definition) is 2. The summed E-state index contributed by atoms with van der Waals surface area (Å²) >= 11 is 1.56. The van der Waals surface area contributed by atoms with Crippen molar-refractivity contribution < 1.29 is 4.79 Å². The third-order valence-electron chi connectivity index (χ3n) is 2.86. The molecule has 1 heterocycles. The molecule has 0 aromatic carbocycles. The van der Waals surface area contributed by atoms with Gasteiger partial charge >= 0.3 is 0 Å². The summed E-state index contributed by atoms with van der Waals surface area (Å²) in [5, 5.41) is 4.85. The van der Waals surface area contributed by atoms with Crippen LogP contribution in [0, 0.1) is 0 Å². The first-order valence-electron chi connectivity index (χ1n) is 5.56. The Balaban J connectivity index is 2.35. The first-order chi connectivity index (χ1) is 7.62. The molecule has 0 saturated carbocycles. The molecule has 1 aromatic heterocycles. The van der Waals surface area contributed by atoms with Crippen molar-refractivity contribution in [2.45, 2.75) is 38.6 Å². The van der Waals surface area contributed by atoms with Crippen LogP contribution in [0.1, 0.15) is 32.4 Å². The van der Waals surface area contributed by atoms with Crippen LogP contribution in [0.2, 0.25) is 0 Å². The average molecular weight is 241 g/mol. The second-order valence-corrected chi connectivity index (χ2v) is 4.57. The highest BCUT2D eigenvalue weighted by Gasteiger charge is 2.29. The van der Waals surface area contributed by atoms with E-state index in [0.29, 0.717) is 19.4 Å². The van der Waals surface area contributed by atoms with E-state index in [1.807, 2.05) is 19.2 Å². The molecule has 0 unspecified atom stereocenters. The number of rotatable bonds is 6. The summed E-state index contributed by atoms with van der Waals surface area (Å²) in [6.07, 6.45) is 2.08. The maximum absolute atomic E-state index is 11.8. The molecule has 0 fully saturated rings. The largest absolute Gasteiger partial charge is 0.354 e. The van der Waals surface area contributed by atoms with Crippen molar-refractivity contribution in [1.82, 2.24) is 10.3 Å². The molecular formula is C11H19N3OS. The molecule has 0 aliphatic carbocycles. The van der Waals surface area contributed by atoms with Gasteiger partial charge in [-0.15, -0.1) is 11.3 Å². The normalized spacial score (nSPS) is 11.4. The lowest BCUT2D eigenvalue weighted by Crippen LogP contribution is -2.53. The molecule has 0 aliphatic rings. The van der Waals surface area contributed by atoms with Crippen LogP contribution in [0.4, 0.5) is 0 Å². The van der Waals surface area contributed by atoms with Gasteiger partial charge in [-0.2, -0.15) is 0 Å². The molecule has 1 aromatic rings. The Bertz CT molecular complexity index is 320. The topological polar surface area (TPSA) is 68.0 Å². The summed E-state index contributed by atoms with van der Waals surface area (Å²) in [6, 6.07) is 0. The van der Waals surface area contributed by atoms with E-state index < -0.39 is 5.54 Å². The zero-order valence-corrected chi connectivity index (χ0v) is 10.6. The molecule has 0 atom stereocenters. The van der Waals surface area contributed by atoms with Crippen molar-refractivity contribution in [3.63, 3.8) is 0 Å². The molecular weight excluding hydrogens is 222 g/mol. The zero-order chi connectivity index (χ0) is 12.0. The highest BCUT2D eigenvalue weighted by atomic mass is 32.1. The number of carbonyl (C=O) groups is 1. The molecule has 16 heavy (non-hydrogen) atoms. The molecule has 0 saturated heterocycles. The number of nitrogens with zero attached hydrogens (tertiary/aromatic N) is 1. The molecule has 0 radical (unpaired) electrons. The van der Waals surface area contributed by atoms with E-state index >= 15 is 0 Å². The van der Waals surface area contributed by atoms with E-state index in [1.54, 1.807) is 16.8 Å². The molecule has 0 bridgehead atoms. The third-order valence-corrected chi connectivity index (χ3v) is 3.50. The summed E-state index contributed by atoms with van der Waals surface area (Å²) in [4.78, 5) is 16.0. The Morgan fingerprint density at radius 3 is 2.75 bits per heavy atom. The van der Waals surface area contributed by atoms with E-state index in [-0.39, 0.29) is 5.91 Å². The number of carbonyl (C=O) groups excluding carboxylic acids is 1. The second-order valence-electron chi connectivity index (χ2n) is 3.85. The van der Waals surface area contributed by atoms with Gasteiger partial charge in [-0.25, -0.2) is 4.98 Å². The fourth-order valence-corrected chi connectivity index (χ4v) is 2.01. The van der Waals surface area contributed by atoms with Gasteiger partial charge in [0.25, 0.3) is 0 Å². The average Bonchev–Trinajstić information content (AvgIpc) is 2.80. The van der Waals surface area contributed by atoms with Crippen LogP contribution < -0.4 is 11.1 Å². The number of nitrogens with two attached hydrogens (primary N) is 1. The Morgan fingerprint density at radius 1 is 1.56 bits per heavy atom. The summed E-state index contributed by atoms with van der Waals surface area (Å²) in [6.45, 7) is 4.47. The third kappa shape index (κ3) is 3.28. The summed E-state index contributed by atoms with van der Waals surface area (Å²) in [5.74, 6) is -0.0623. The Hall–Kier alpha value is -0.940. The van der Waals surface area contributed by atoms with Crippen LogP contribution in [0.15, 0.2) is 10.9 Å². The molecule has 1 rings (SSSR count). The Labute approximate surface area is 100 Å². The molecule has 3 N–H and O–H groups in total. The van der Waals surface area contributed by atoms with Gasteiger partial charge in [0.2, 0.25) is 5.91 Å². The van der Waals surface area contributed by atoms with E-state index in [9.17, 15) is 4.79 Å². The van der Waals surface area contributed by atoms with Gasteiger partial charge in [0, 0.05) is 18.3 Å². The fraction of sp³-hybridized carbons (Fsp3) is 0.636. The monoisotopic (exact) mass is 241 g/mol. The predicted molar refractivity (Wildman–Crippen MR) is 66.3 cm³/mol. The SMILES string of the molecule is CCC(N)(CC)C(=O)NCCc1cscn1. The van der Waals surface area contributed by atoms with Gasteiger partial charge in [0.1, 0.15) is 0 Å². The van der Waals surface area contributed by atoms with Gasteiger partial charge in [-0.05, 0) is 12.8 Å². The molecule has 1 amide bonds. The number of aromatic nitrogens is 1. The molecule has 5 heteroatoms. The maximum atomic E-state index is 11.8. The number of amides is 1. The number of hydrogen-bond acceptors (Lipinski definition) is 4. The standard InChI is InChI=1S/C11H19N3OS/c1-3-11(12,4-2)10(15)13-6-5-9-7-16-8-14-9/h7-8H,3-6,12H2,1-2H3,(H,13,15). The smallest absolute Gasteiger partial charge is 0.240 e. The summed E-state index contributed by atoms with van der Waals surface area (Å²) in [7, 11) is 0. The van der Waals surface area contributed by atoms with Crippen LogP contribution in [0.3, 0.4) is 0 Å². The van der Waals surface area contributed by atoms with Crippen LogP contribution in [0.25, 0.3) is 0 Å². The quantitative estimate of drug-likeness (QED) is 0.789. The first-order valence-corrected chi connectivity index (χ1v) is 6.51. The summed E-state index contributed by atoms with van der Waals surface area (Å²) in [5.41, 5.74) is 8.06. The van der Waals surface area contributed by atoms with Crippen molar-refractivity contribution in [2.24, 2.45) is 5.73 Å². The maximum Gasteiger partial charge on any atom is 0.240 e. The molecule has 0 spiro atoms. The minimum Gasteiger partial charge on any atom is -0.354 e. The highest BCUT2D eigenvalue weighted by molar-refractivity contribution is 7.07. The van der Waals surface area contributed by atoms with Crippen LogP contribution >= 0.6 is 11.3 Å². The van der Waals surface area contributed by atoms with Gasteiger partial charge < -0.3 is 11.1 Å². The van der Waals surface area contributed by atoms with E-state index in [0.717, 1.165) is 12.1 Å². The molecule has 4 nitrogen and oxygen atoms in total. The minimum absolute atomic E-state index is 0.0623. The van der Waals surface area contributed by atoms with Crippen molar-refractivity contribution in [3.05, 3.63) is 16.6 Å². The lowest BCUT2D eigenvalue weighted by molar-refractivity contribution is -0.126. The van der Waals surface area contributed by atoms with Crippen molar-refractivity contribution in [3.8, 4) is 0 Å². The van der Waals surface area contributed by atoms with Crippen LogP contribution in [-0.4, -0.2) is 23.0 Å². The molecule has 0 aliphatic heterocycles. The minimum atomic E-state index is -0.720. The van der Waals surface area contributed by atoms with Gasteiger partial charge in [0.15, 0.2) is 0 Å². The first kappa shape index (κ1) is 13.1. The van der Waals surface area contributed by atoms with Gasteiger partial charge in [-0.1, -0.05) is 13.8 Å². The predicted octanol–water partition coefficient (Wildman–Crippen LogP) is 1.32. The van der Waals surface area contributed by atoms with E-state index in [2.05, 4.69) is 10.3 Å². The van der Waals surface area contributed by atoms with Crippen LogP contribution in [-0.2, 0) is 11.2 Å². The van der Waals surface area contributed by atoms with E-state index in [4.69, 9.17) is 5.73 Å². The fourth-order valence-electron chi connectivity index (χ4n) is 1.41. The zero-order valence-electron chi connectivity index (χ0n) is 9.82. The van der Waals surface area contributed by atoms with Crippen molar-refractivity contribution >= 4 is 17.2 Å². The lowest BCUT2D eigenvalue weighted by Gasteiger charge is -2.25. The van der Waals surface area contributed by atoms with Gasteiger partial charge in [-0.3, -0.25) is 4.79 Å². The Kier molecular flexibility index (Phi) is 4.89. The van der Waals surface area contributed by atoms with Crippen molar-refractivity contribution in [2.75, 3.05) is 6.54 Å². The number of thiazole rings is 1. The highest BCUT2D eigenvalue weighted by Crippen LogP contribution is 2.11. The van der Waals surface area contributed by atoms with E-state index in [1.165, 1.54) is 0 Å². The van der Waals surface area contributed by atoms with Crippen LogP contribution in [0.5, 0.6) is 0 Å².